The zero-order chi connectivity index (χ0) is 9.52. The van der Waals surface area contributed by atoms with E-state index in [-0.39, 0.29) is 5.54 Å². The summed E-state index contributed by atoms with van der Waals surface area (Å²) in [6, 6.07) is 0. The van der Waals surface area contributed by atoms with Crippen molar-refractivity contribution < 1.29 is 0 Å². The van der Waals surface area contributed by atoms with Gasteiger partial charge in [0.2, 0.25) is 0 Å². The average molecular weight is 232 g/mol. The highest BCUT2D eigenvalue weighted by Gasteiger charge is 2.20. The molecule has 0 aliphatic carbocycles. The second-order valence-corrected chi connectivity index (χ2v) is 4.66. The van der Waals surface area contributed by atoms with Crippen LogP contribution in [-0.4, -0.2) is 9.78 Å². The van der Waals surface area contributed by atoms with E-state index in [0.29, 0.717) is 5.82 Å². The van der Waals surface area contributed by atoms with E-state index >= 15 is 0 Å². The van der Waals surface area contributed by atoms with Crippen LogP contribution in [0.25, 0.3) is 0 Å². The van der Waals surface area contributed by atoms with Gasteiger partial charge in [0.25, 0.3) is 0 Å². The van der Waals surface area contributed by atoms with Crippen molar-refractivity contribution in [2.24, 2.45) is 0 Å². The van der Waals surface area contributed by atoms with Gasteiger partial charge in [-0.05, 0) is 43.6 Å². The molecule has 1 heterocycles. The van der Waals surface area contributed by atoms with Gasteiger partial charge in [0.1, 0.15) is 5.82 Å². The average Bonchev–Trinajstić information content (AvgIpc) is 2.15. The summed E-state index contributed by atoms with van der Waals surface area (Å²) in [6.45, 7) is 8.15. The number of hydrogen-bond donors (Lipinski definition) is 1. The summed E-state index contributed by atoms with van der Waals surface area (Å²) in [7, 11) is 0. The van der Waals surface area contributed by atoms with Gasteiger partial charge in [0, 0.05) is 0 Å². The second kappa shape index (κ2) is 2.76. The molecule has 68 valence electrons. The van der Waals surface area contributed by atoms with E-state index < -0.39 is 0 Å². The Morgan fingerprint density at radius 2 is 1.92 bits per heavy atom. The molecule has 0 fully saturated rings. The Morgan fingerprint density at radius 3 is 2.08 bits per heavy atom. The second-order valence-electron chi connectivity index (χ2n) is 3.87. The molecule has 1 aromatic heterocycles. The fourth-order valence-electron chi connectivity index (χ4n) is 1.04. The van der Waals surface area contributed by atoms with Crippen molar-refractivity contribution in [3.05, 3.63) is 10.2 Å². The molecule has 0 aromatic carbocycles. The first-order valence-corrected chi connectivity index (χ1v) is 4.64. The van der Waals surface area contributed by atoms with Crippen molar-refractivity contribution in [2.75, 3.05) is 5.73 Å². The van der Waals surface area contributed by atoms with Crippen LogP contribution in [0.3, 0.4) is 0 Å². The highest BCUT2D eigenvalue weighted by molar-refractivity contribution is 9.10. The molecule has 1 aromatic rings. The molecule has 0 bridgehead atoms. The minimum atomic E-state index is -0.0547. The SMILES string of the molecule is Cc1nn(C(C)(C)C)c(N)c1Br. The van der Waals surface area contributed by atoms with Crippen LogP contribution in [0.2, 0.25) is 0 Å². The molecule has 3 nitrogen and oxygen atoms in total. The zero-order valence-corrected chi connectivity index (χ0v) is 9.44. The molecule has 0 unspecified atom stereocenters. The van der Waals surface area contributed by atoms with Crippen molar-refractivity contribution >= 4 is 21.7 Å². The van der Waals surface area contributed by atoms with E-state index in [2.05, 4.69) is 41.8 Å². The van der Waals surface area contributed by atoms with Gasteiger partial charge >= 0.3 is 0 Å². The quantitative estimate of drug-likeness (QED) is 0.745. The van der Waals surface area contributed by atoms with Crippen LogP contribution in [-0.2, 0) is 5.54 Å². The van der Waals surface area contributed by atoms with Gasteiger partial charge in [0.05, 0.1) is 15.7 Å². The fourth-order valence-corrected chi connectivity index (χ4v) is 1.28. The number of halogens is 1. The number of aryl methyl sites for hydroxylation is 1. The lowest BCUT2D eigenvalue weighted by Gasteiger charge is -2.20. The van der Waals surface area contributed by atoms with Crippen LogP contribution in [0, 0.1) is 6.92 Å². The van der Waals surface area contributed by atoms with Gasteiger partial charge in [-0.25, -0.2) is 4.68 Å². The highest BCUT2D eigenvalue weighted by atomic mass is 79.9. The smallest absolute Gasteiger partial charge is 0.136 e. The molecule has 12 heavy (non-hydrogen) atoms. The predicted octanol–water partition coefficient (Wildman–Crippen LogP) is 2.29. The maximum Gasteiger partial charge on any atom is 0.136 e. The molecule has 0 spiro atoms. The Kier molecular flexibility index (Phi) is 2.21. The largest absolute Gasteiger partial charge is 0.383 e. The number of nitrogens with two attached hydrogens (primary N) is 1. The normalized spacial score (nSPS) is 12.1. The van der Waals surface area contributed by atoms with Crippen LogP contribution >= 0.6 is 15.9 Å². The molecule has 0 amide bonds. The van der Waals surface area contributed by atoms with E-state index in [1.54, 1.807) is 0 Å². The van der Waals surface area contributed by atoms with E-state index in [1.807, 2.05) is 11.6 Å². The molecule has 1 rings (SSSR count). The number of anilines is 1. The van der Waals surface area contributed by atoms with Gasteiger partial charge in [-0.1, -0.05) is 0 Å². The number of aromatic nitrogens is 2. The molecule has 0 aliphatic heterocycles. The number of nitrogens with zero attached hydrogens (tertiary/aromatic N) is 2. The van der Waals surface area contributed by atoms with Crippen molar-refractivity contribution in [2.45, 2.75) is 33.2 Å². The first-order valence-electron chi connectivity index (χ1n) is 3.85. The summed E-state index contributed by atoms with van der Waals surface area (Å²) in [6.07, 6.45) is 0. The Labute approximate surface area is 81.1 Å². The summed E-state index contributed by atoms with van der Waals surface area (Å²) in [5.41, 5.74) is 6.72. The van der Waals surface area contributed by atoms with Gasteiger partial charge in [0.15, 0.2) is 0 Å². The molecular weight excluding hydrogens is 218 g/mol. The topological polar surface area (TPSA) is 43.8 Å². The third-order valence-corrected chi connectivity index (χ3v) is 2.64. The Hall–Kier alpha value is -0.510. The minimum absolute atomic E-state index is 0.0547. The summed E-state index contributed by atoms with van der Waals surface area (Å²) in [5.74, 6) is 0.694. The summed E-state index contributed by atoms with van der Waals surface area (Å²) in [5, 5.41) is 4.33. The molecule has 4 heteroatoms. The molecule has 2 N–H and O–H groups in total. The van der Waals surface area contributed by atoms with Crippen molar-refractivity contribution in [3.8, 4) is 0 Å². The number of hydrogen-bond acceptors (Lipinski definition) is 2. The molecule has 0 saturated heterocycles. The molecular formula is C8H14BrN3. The fraction of sp³-hybridized carbons (Fsp3) is 0.625. The van der Waals surface area contributed by atoms with Crippen molar-refractivity contribution in [3.63, 3.8) is 0 Å². The van der Waals surface area contributed by atoms with Crippen molar-refractivity contribution in [1.29, 1.82) is 0 Å². The Balaban J connectivity index is 3.28. The first kappa shape index (κ1) is 9.58. The van der Waals surface area contributed by atoms with Gasteiger partial charge < -0.3 is 5.73 Å². The van der Waals surface area contributed by atoms with Gasteiger partial charge in [-0.3, -0.25) is 0 Å². The molecule has 0 saturated carbocycles. The summed E-state index contributed by atoms with van der Waals surface area (Å²) < 4.78 is 2.73. The zero-order valence-electron chi connectivity index (χ0n) is 7.85. The lowest BCUT2D eigenvalue weighted by molar-refractivity contribution is 0.360. The van der Waals surface area contributed by atoms with Crippen LogP contribution < -0.4 is 5.73 Å². The lowest BCUT2D eigenvalue weighted by Crippen LogP contribution is -2.24. The summed E-state index contributed by atoms with van der Waals surface area (Å²) >= 11 is 3.38. The third kappa shape index (κ3) is 1.48. The number of rotatable bonds is 0. The van der Waals surface area contributed by atoms with E-state index in [0.717, 1.165) is 10.2 Å². The van der Waals surface area contributed by atoms with Crippen molar-refractivity contribution in [1.82, 2.24) is 9.78 Å². The molecule has 0 radical (unpaired) electrons. The molecule has 0 atom stereocenters. The highest BCUT2D eigenvalue weighted by Crippen LogP contribution is 2.27. The van der Waals surface area contributed by atoms with E-state index in [9.17, 15) is 0 Å². The predicted molar refractivity (Wildman–Crippen MR) is 54.1 cm³/mol. The molecule has 0 aliphatic rings. The van der Waals surface area contributed by atoms with E-state index in [1.165, 1.54) is 0 Å². The minimum Gasteiger partial charge on any atom is -0.383 e. The lowest BCUT2D eigenvalue weighted by atomic mass is 10.1. The Morgan fingerprint density at radius 1 is 1.42 bits per heavy atom. The van der Waals surface area contributed by atoms with Gasteiger partial charge in [-0.2, -0.15) is 5.10 Å². The van der Waals surface area contributed by atoms with Crippen LogP contribution in [0.15, 0.2) is 4.47 Å². The standard InChI is InChI=1S/C8H14BrN3/c1-5-6(9)7(10)12(11-5)8(2,3)4/h10H2,1-4H3. The van der Waals surface area contributed by atoms with E-state index in [4.69, 9.17) is 5.73 Å². The van der Waals surface area contributed by atoms with Crippen LogP contribution in [0.5, 0.6) is 0 Å². The first-order chi connectivity index (χ1) is 5.34. The summed E-state index contributed by atoms with van der Waals surface area (Å²) in [4.78, 5) is 0. The maximum absolute atomic E-state index is 5.84. The Bertz CT molecular complexity index is 296. The monoisotopic (exact) mass is 231 g/mol. The maximum atomic E-state index is 5.84. The van der Waals surface area contributed by atoms with Crippen LogP contribution in [0.1, 0.15) is 26.5 Å². The third-order valence-electron chi connectivity index (χ3n) is 1.66. The van der Waals surface area contributed by atoms with Crippen LogP contribution in [0.4, 0.5) is 5.82 Å². The number of nitrogen functional groups attached to an aromatic ring is 1. The van der Waals surface area contributed by atoms with Gasteiger partial charge in [-0.15, -0.1) is 0 Å².